The first-order valence-electron chi connectivity index (χ1n) is 4.37. The van der Waals surface area contributed by atoms with Crippen LogP contribution in [-0.4, -0.2) is 16.2 Å². The number of fused-ring (bicyclic) bond motifs is 3. The number of hydrogen-bond acceptors (Lipinski definition) is 3. The van der Waals surface area contributed by atoms with Gasteiger partial charge < -0.3 is 10.3 Å². The molecule has 0 saturated heterocycles. The molecule has 1 aromatic heterocycles. The normalized spacial score (nSPS) is 13.7. The maximum absolute atomic E-state index is 4.33. The molecule has 2 aromatic rings. The molecule has 4 heteroatoms. The van der Waals surface area contributed by atoms with Crippen LogP contribution in [-0.2, 0) is 0 Å². The fraction of sp³-hybridized carbons (Fsp3) is 0. The first-order chi connectivity index (χ1) is 6.95. The van der Waals surface area contributed by atoms with Crippen molar-refractivity contribution in [3.05, 3.63) is 30.7 Å². The number of H-pyrrole nitrogens is 1. The Balaban J connectivity index is 2.38. The summed E-state index contributed by atoms with van der Waals surface area (Å²) in [5, 5.41) is 3.15. The Bertz CT molecular complexity index is 536. The van der Waals surface area contributed by atoms with E-state index in [0.717, 1.165) is 22.4 Å². The van der Waals surface area contributed by atoms with Gasteiger partial charge in [0, 0.05) is 12.4 Å². The standard InChI is InChI=1S/C10H8N4/c1-4-11-7-2-3-8-10(14-6-13-8)9(7)12-5-1/h1-6,11H,(H,13,14). The summed E-state index contributed by atoms with van der Waals surface area (Å²) in [5.41, 5.74) is 3.77. The van der Waals surface area contributed by atoms with Gasteiger partial charge in [0.1, 0.15) is 11.2 Å². The molecule has 3 rings (SSSR count). The van der Waals surface area contributed by atoms with Gasteiger partial charge in [0.2, 0.25) is 0 Å². The van der Waals surface area contributed by atoms with Gasteiger partial charge in [-0.05, 0) is 18.2 Å². The van der Waals surface area contributed by atoms with Gasteiger partial charge in [0.25, 0.3) is 0 Å². The molecule has 0 radical (unpaired) electrons. The van der Waals surface area contributed by atoms with E-state index in [4.69, 9.17) is 0 Å². The predicted molar refractivity (Wildman–Crippen MR) is 57.0 cm³/mol. The third-order valence-corrected chi connectivity index (χ3v) is 2.19. The Hall–Kier alpha value is -2.10. The first-order valence-corrected chi connectivity index (χ1v) is 4.37. The van der Waals surface area contributed by atoms with Gasteiger partial charge in [-0.25, -0.2) is 4.98 Å². The van der Waals surface area contributed by atoms with Crippen molar-refractivity contribution in [3.8, 4) is 0 Å². The van der Waals surface area contributed by atoms with Crippen molar-refractivity contribution in [2.45, 2.75) is 0 Å². The average molecular weight is 184 g/mol. The lowest BCUT2D eigenvalue weighted by Gasteiger charge is -2.03. The molecule has 0 atom stereocenters. The molecule has 0 aliphatic carbocycles. The molecular weight excluding hydrogens is 176 g/mol. The summed E-state index contributed by atoms with van der Waals surface area (Å²) in [6.45, 7) is 0. The molecule has 1 aliphatic rings. The second-order valence-electron chi connectivity index (χ2n) is 3.04. The summed E-state index contributed by atoms with van der Waals surface area (Å²) in [7, 11) is 0. The highest BCUT2D eigenvalue weighted by Crippen LogP contribution is 2.32. The number of imidazole rings is 1. The number of aliphatic imine (C=N–C) groups is 1. The van der Waals surface area contributed by atoms with E-state index in [0.29, 0.717) is 0 Å². The fourth-order valence-electron chi connectivity index (χ4n) is 1.54. The Kier molecular flexibility index (Phi) is 1.41. The molecule has 1 aromatic carbocycles. The van der Waals surface area contributed by atoms with E-state index >= 15 is 0 Å². The number of benzene rings is 1. The average Bonchev–Trinajstić information content (AvgIpc) is 2.55. The predicted octanol–water partition coefficient (Wildman–Crippen LogP) is 2.20. The van der Waals surface area contributed by atoms with E-state index in [1.165, 1.54) is 0 Å². The van der Waals surface area contributed by atoms with Crippen LogP contribution in [0.1, 0.15) is 0 Å². The Labute approximate surface area is 80.4 Å². The van der Waals surface area contributed by atoms with Crippen LogP contribution in [0.4, 0.5) is 11.4 Å². The minimum atomic E-state index is 0.883. The monoisotopic (exact) mass is 184 g/mol. The molecule has 68 valence electrons. The van der Waals surface area contributed by atoms with Gasteiger partial charge in [-0.1, -0.05) is 0 Å². The summed E-state index contributed by atoms with van der Waals surface area (Å²) in [6, 6.07) is 3.98. The topological polar surface area (TPSA) is 53.1 Å². The number of nitrogens with zero attached hydrogens (tertiary/aromatic N) is 2. The highest BCUT2D eigenvalue weighted by Gasteiger charge is 2.08. The van der Waals surface area contributed by atoms with Gasteiger partial charge in [-0.2, -0.15) is 0 Å². The SMILES string of the molecule is C1=CNc2ccc3[nH]cnc3c2N=C1. The Morgan fingerprint density at radius 2 is 2.21 bits per heavy atom. The van der Waals surface area contributed by atoms with Crippen LogP contribution in [0.2, 0.25) is 0 Å². The number of anilines is 1. The van der Waals surface area contributed by atoms with Gasteiger partial charge in [0.05, 0.1) is 17.5 Å². The molecular formula is C10H8N4. The molecule has 2 N–H and O–H groups in total. The fourth-order valence-corrected chi connectivity index (χ4v) is 1.54. The Morgan fingerprint density at radius 3 is 3.21 bits per heavy atom. The van der Waals surface area contributed by atoms with Crippen molar-refractivity contribution in [2.24, 2.45) is 4.99 Å². The van der Waals surface area contributed by atoms with Crippen LogP contribution in [0, 0.1) is 0 Å². The van der Waals surface area contributed by atoms with E-state index in [1.54, 1.807) is 12.5 Å². The van der Waals surface area contributed by atoms with Crippen molar-refractivity contribution in [3.63, 3.8) is 0 Å². The largest absolute Gasteiger partial charge is 0.360 e. The van der Waals surface area contributed by atoms with Crippen LogP contribution in [0.5, 0.6) is 0 Å². The molecule has 0 amide bonds. The lowest BCUT2D eigenvalue weighted by molar-refractivity contribution is 1.34. The molecule has 4 nitrogen and oxygen atoms in total. The highest BCUT2D eigenvalue weighted by atomic mass is 14.9. The van der Waals surface area contributed by atoms with Gasteiger partial charge >= 0.3 is 0 Å². The number of nitrogens with one attached hydrogen (secondary N) is 2. The minimum absolute atomic E-state index is 0.883. The van der Waals surface area contributed by atoms with Crippen molar-refractivity contribution < 1.29 is 0 Å². The number of aromatic nitrogens is 2. The molecule has 1 aliphatic heterocycles. The van der Waals surface area contributed by atoms with Gasteiger partial charge in [-0.15, -0.1) is 0 Å². The molecule has 0 fully saturated rings. The van der Waals surface area contributed by atoms with Crippen LogP contribution in [0.25, 0.3) is 11.0 Å². The minimum Gasteiger partial charge on any atom is -0.360 e. The lowest BCUT2D eigenvalue weighted by Crippen LogP contribution is -1.86. The summed E-state index contributed by atoms with van der Waals surface area (Å²) in [6.07, 6.45) is 7.15. The third kappa shape index (κ3) is 0.939. The third-order valence-electron chi connectivity index (χ3n) is 2.19. The molecule has 0 unspecified atom stereocenters. The Morgan fingerprint density at radius 1 is 1.21 bits per heavy atom. The van der Waals surface area contributed by atoms with Crippen molar-refractivity contribution in [2.75, 3.05) is 5.32 Å². The summed E-state index contributed by atoms with van der Waals surface area (Å²) >= 11 is 0. The second-order valence-corrected chi connectivity index (χ2v) is 3.04. The number of aromatic amines is 1. The smallest absolute Gasteiger partial charge is 0.116 e. The van der Waals surface area contributed by atoms with Gasteiger partial charge in [-0.3, -0.25) is 4.99 Å². The maximum atomic E-state index is 4.33. The zero-order valence-electron chi connectivity index (χ0n) is 7.36. The molecule has 0 bridgehead atoms. The van der Waals surface area contributed by atoms with Crippen molar-refractivity contribution in [1.29, 1.82) is 0 Å². The van der Waals surface area contributed by atoms with Crippen LogP contribution in [0.3, 0.4) is 0 Å². The van der Waals surface area contributed by atoms with Crippen LogP contribution < -0.4 is 5.32 Å². The second kappa shape index (κ2) is 2.70. The van der Waals surface area contributed by atoms with Crippen LogP contribution in [0.15, 0.2) is 35.7 Å². The summed E-state index contributed by atoms with van der Waals surface area (Å²) < 4.78 is 0. The summed E-state index contributed by atoms with van der Waals surface area (Å²) in [4.78, 5) is 11.6. The highest BCUT2D eigenvalue weighted by molar-refractivity contribution is 5.97. The zero-order valence-corrected chi connectivity index (χ0v) is 7.36. The van der Waals surface area contributed by atoms with Crippen molar-refractivity contribution >= 4 is 28.6 Å². The van der Waals surface area contributed by atoms with E-state index in [9.17, 15) is 0 Å². The zero-order chi connectivity index (χ0) is 9.38. The quantitative estimate of drug-likeness (QED) is 0.659. The molecule has 0 spiro atoms. The van der Waals surface area contributed by atoms with Gasteiger partial charge in [0.15, 0.2) is 0 Å². The number of hydrogen-bond donors (Lipinski definition) is 2. The lowest BCUT2D eigenvalue weighted by atomic mass is 10.2. The molecule has 0 saturated carbocycles. The van der Waals surface area contributed by atoms with E-state index in [2.05, 4.69) is 20.3 Å². The van der Waals surface area contributed by atoms with E-state index in [1.807, 2.05) is 24.4 Å². The first kappa shape index (κ1) is 7.32. The molecule has 2 heterocycles. The number of allylic oxidation sites excluding steroid dienone is 1. The van der Waals surface area contributed by atoms with Crippen molar-refractivity contribution in [1.82, 2.24) is 9.97 Å². The van der Waals surface area contributed by atoms with E-state index in [-0.39, 0.29) is 0 Å². The molecule has 14 heavy (non-hydrogen) atoms. The maximum Gasteiger partial charge on any atom is 0.116 e. The summed E-state index contributed by atoms with van der Waals surface area (Å²) in [5.74, 6) is 0. The van der Waals surface area contributed by atoms with E-state index < -0.39 is 0 Å². The number of rotatable bonds is 0. The van der Waals surface area contributed by atoms with Crippen LogP contribution >= 0.6 is 0 Å².